The first kappa shape index (κ1) is 15.9. The number of hydrogen-bond donors (Lipinski definition) is 1. The fourth-order valence-corrected chi connectivity index (χ4v) is 1.51. The van der Waals surface area contributed by atoms with Crippen LogP contribution in [0.15, 0.2) is 0 Å². The summed E-state index contributed by atoms with van der Waals surface area (Å²) in [6.07, 6.45) is 0.260. The molecule has 4 atom stereocenters. The molecule has 5 heteroatoms. The van der Waals surface area contributed by atoms with Gasteiger partial charge in [0.25, 0.3) is 0 Å². The standard InChI is InChI=1S/C13H28N2O3/c1-7-16-11(5)15(6)17-8-12-13(18-12)14-10(4)9(2)3/h9-14H,7-8H2,1-6H3. The predicted octanol–water partition coefficient (Wildman–Crippen LogP) is 1.59. The van der Waals surface area contributed by atoms with Gasteiger partial charge in [-0.05, 0) is 26.7 Å². The molecule has 108 valence electrons. The summed E-state index contributed by atoms with van der Waals surface area (Å²) in [7, 11) is 1.88. The van der Waals surface area contributed by atoms with E-state index < -0.39 is 0 Å². The first-order valence-corrected chi connectivity index (χ1v) is 6.84. The van der Waals surface area contributed by atoms with Crippen molar-refractivity contribution in [3.8, 4) is 0 Å². The lowest BCUT2D eigenvalue weighted by Crippen LogP contribution is -2.36. The van der Waals surface area contributed by atoms with Gasteiger partial charge in [0, 0.05) is 19.7 Å². The third-order valence-corrected chi connectivity index (χ3v) is 3.37. The Balaban J connectivity index is 2.12. The van der Waals surface area contributed by atoms with Crippen molar-refractivity contribution in [1.29, 1.82) is 0 Å². The van der Waals surface area contributed by atoms with Crippen molar-refractivity contribution < 1.29 is 14.3 Å². The molecule has 18 heavy (non-hydrogen) atoms. The highest BCUT2D eigenvalue weighted by Crippen LogP contribution is 2.21. The van der Waals surface area contributed by atoms with Crippen molar-refractivity contribution >= 4 is 0 Å². The highest BCUT2D eigenvalue weighted by molar-refractivity contribution is 4.85. The van der Waals surface area contributed by atoms with Crippen molar-refractivity contribution in [1.82, 2.24) is 10.4 Å². The number of ether oxygens (including phenoxy) is 2. The fourth-order valence-electron chi connectivity index (χ4n) is 1.51. The third kappa shape index (κ3) is 5.20. The first-order valence-electron chi connectivity index (χ1n) is 6.84. The third-order valence-electron chi connectivity index (χ3n) is 3.37. The second-order valence-corrected chi connectivity index (χ2v) is 5.19. The molecule has 4 unspecified atom stereocenters. The maximum Gasteiger partial charge on any atom is 0.137 e. The minimum atomic E-state index is -0.0326. The van der Waals surface area contributed by atoms with Crippen molar-refractivity contribution in [3.63, 3.8) is 0 Å². The van der Waals surface area contributed by atoms with Crippen molar-refractivity contribution in [2.75, 3.05) is 20.3 Å². The van der Waals surface area contributed by atoms with Gasteiger partial charge in [0.2, 0.25) is 0 Å². The summed E-state index contributed by atoms with van der Waals surface area (Å²) >= 11 is 0. The minimum Gasteiger partial charge on any atom is -0.362 e. The lowest BCUT2D eigenvalue weighted by atomic mass is 10.1. The van der Waals surface area contributed by atoms with Crippen LogP contribution in [0.25, 0.3) is 0 Å². The number of hydroxylamine groups is 2. The molecule has 1 N–H and O–H groups in total. The van der Waals surface area contributed by atoms with Gasteiger partial charge in [0.15, 0.2) is 0 Å². The smallest absolute Gasteiger partial charge is 0.137 e. The van der Waals surface area contributed by atoms with Crippen LogP contribution in [0.3, 0.4) is 0 Å². The van der Waals surface area contributed by atoms with Crippen LogP contribution in [0, 0.1) is 5.92 Å². The monoisotopic (exact) mass is 260 g/mol. The van der Waals surface area contributed by atoms with E-state index in [0.29, 0.717) is 25.2 Å². The number of nitrogens with zero attached hydrogens (tertiary/aromatic N) is 1. The molecular weight excluding hydrogens is 232 g/mol. The maximum atomic E-state index is 5.60. The quantitative estimate of drug-likeness (QED) is 0.387. The highest BCUT2D eigenvalue weighted by Gasteiger charge is 2.40. The minimum absolute atomic E-state index is 0.0326. The summed E-state index contributed by atoms with van der Waals surface area (Å²) in [6.45, 7) is 11.8. The molecule has 1 aliphatic rings. The average molecular weight is 260 g/mol. The Bertz CT molecular complexity index is 238. The molecule has 0 aromatic carbocycles. The molecular formula is C13H28N2O3. The molecule has 0 aliphatic carbocycles. The van der Waals surface area contributed by atoms with Gasteiger partial charge in [-0.25, -0.2) is 0 Å². The van der Waals surface area contributed by atoms with Crippen LogP contribution in [0.1, 0.15) is 34.6 Å². The zero-order chi connectivity index (χ0) is 13.7. The Morgan fingerprint density at radius 1 is 1.28 bits per heavy atom. The molecule has 0 aromatic heterocycles. The van der Waals surface area contributed by atoms with Crippen molar-refractivity contribution in [3.05, 3.63) is 0 Å². The van der Waals surface area contributed by atoms with E-state index in [4.69, 9.17) is 14.3 Å². The molecule has 1 aliphatic heterocycles. The summed E-state index contributed by atoms with van der Waals surface area (Å²) in [6, 6.07) is 0.458. The van der Waals surface area contributed by atoms with E-state index in [1.807, 2.05) is 20.9 Å². The molecule has 0 bridgehead atoms. The summed E-state index contributed by atoms with van der Waals surface area (Å²) in [4.78, 5) is 5.60. The van der Waals surface area contributed by atoms with Gasteiger partial charge in [-0.3, -0.25) is 10.2 Å². The molecule has 1 heterocycles. The molecule has 1 fully saturated rings. The second kappa shape index (κ2) is 7.40. The fraction of sp³-hybridized carbons (Fsp3) is 1.00. The summed E-state index contributed by atoms with van der Waals surface area (Å²) in [5.74, 6) is 0.608. The van der Waals surface area contributed by atoms with E-state index in [-0.39, 0.29) is 18.6 Å². The normalized spacial score (nSPS) is 26.7. The van der Waals surface area contributed by atoms with Crippen molar-refractivity contribution in [2.45, 2.75) is 59.2 Å². The lowest BCUT2D eigenvalue weighted by Gasteiger charge is -2.23. The summed E-state index contributed by atoms with van der Waals surface area (Å²) in [5.41, 5.74) is 0. The van der Waals surface area contributed by atoms with Crippen LogP contribution >= 0.6 is 0 Å². The second-order valence-electron chi connectivity index (χ2n) is 5.19. The molecule has 1 rings (SSSR count). The predicted molar refractivity (Wildman–Crippen MR) is 70.9 cm³/mol. The van der Waals surface area contributed by atoms with E-state index in [1.165, 1.54) is 0 Å². The zero-order valence-electron chi connectivity index (χ0n) is 12.5. The molecule has 0 spiro atoms. The number of nitrogens with one attached hydrogen (secondary N) is 1. The molecule has 0 radical (unpaired) electrons. The van der Waals surface area contributed by atoms with Crippen LogP contribution in [-0.4, -0.2) is 49.9 Å². The maximum absolute atomic E-state index is 5.60. The van der Waals surface area contributed by atoms with Crippen LogP contribution in [0.4, 0.5) is 0 Å². The average Bonchev–Trinajstić information content (AvgIpc) is 3.04. The highest BCUT2D eigenvalue weighted by atomic mass is 16.7. The zero-order valence-corrected chi connectivity index (χ0v) is 12.5. The Labute approximate surface area is 111 Å². The summed E-state index contributed by atoms with van der Waals surface area (Å²) in [5, 5.41) is 5.16. The van der Waals surface area contributed by atoms with Crippen LogP contribution in [-0.2, 0) is 14.3 Å². The largest absolute Gasteiger partial charge is 0.362 e. The van der Waals surface area contributed by atoms with Gasteiger partial charge in [-0.1, -0.05) is 13.8 Å². The Kier molecular flexibility index (Phi) is 6.52. The van der Waals surface area contributed by atoms with Gasteiger partial charge in [-0.15, -0.1) is 0 Å². The van der Waals surface area contributed by atoms with E-state index in [0.717, 1.165) is 0 Å². The molecule has 1 saturated heterocycles. The Morgan fingerprint density at radius 3 is 2.50 bits per heavy atom. The van der Waals surface area contributed by atoms with E-state index >= 15 is 0 Å². The first-order chi connectivity index (χ1) is 8.45. The van der Waals surface area contributed by atoms with E-state index in [2.05, 4.69) is 26.1 Å². The topological polar surface area (TPSA) is 46.3 Å². The van der Waals surface area contributed by atoms with E-state index in [9.17, 15) is 0 Å². The Morgan fingerprint density at radius 2 is 1.94 bits per heavy atom. The molecule has 0 amide bonds. The SMILES string of the molecule is CCOC(C)N(C)OCC1OC1NC(C)C(C)C. The lowest BCUT2D eigenvalue weighted by molar-refractivity contribution is -0.232. The van der Waals surface area contributed by atoms with Crippen LogP contribution < -0.4 is 5.32 Å². The number of rotatable bonds is 9. The molecule has 5 nitrogen and oxygen atoms in total. The van der Waals surface area contributed by atoms with E-state index in [1.54, 1.807) is 5.06 Å². The van der Waals surface area contributed by atoms with Gasteiger partial charge in [0.1, 0.15) is 18.6 Å². The van der Waals surface area contributed by atoms with Crippen LogP contribution in [0.5, 0.6) is 0 Å². The number of epoxide rings is 1. The van der Waals surface area contributed by atoms with Gasteiger partial charge >= 0.3 is 0 Å². The number of hydrogen-bond acceptors (Lipinski definition) is 5. The van der Waals surface area contributed by atoms with Gasteiger partial charge in [0.05, 0.1) is 6.61 Å². The van der Waals surface area contributed by atoms with Crippen LogP contribution in [0.2, 0.25) is 0 Å². The molecule has 0 saturated carbocycles. The van der Waals surface area contributed by atoms with Crippen molar-refractivity contribution in [2.24, 2.45) is 5.92 Å². The molecule has 0 aromatic rings. The van der Waals surface area contributed by atoms with Gasteiger partial charge in [-0.2, -0.15) is 5.06 Å². The van der Waals surface area contributed by atoms with Gasteiger partial charge < -0.3 is 9.47 Å². The Hall–Kier alpha value is -0.200. The summed E-state index contributed by atoms with van der Waals surface area (Å²) < 4.78 is 10.9.